The van der Waals surface area contributed by atoms with Gasteiger partial charge < -0.3 is 4.90 Å². The molecule has 6 aromatic carbocycles. The molecule has 8 rings (SSSR count). The highest BCUT2D eigenvalue weighted by atomic mass is 32.2. The van der Waals surface area contributed by atoms with E-state index in [0.29, 0.717) is 0 Å². The van der Waals surface area contributed by atoms with Crippen molar-refractivity contribution in [3.8, 4) is 11.1 Å². The summed E-state index contributed by atoms with van der Waals surface area (Å²) in [7, 11) is -1.92. The largest absolute Gasteiger partial charge is 0.308 e. The van der Waals surface area contributed by atoms with Crippen LogP contribution in [0.15, 0.2) is 159 Å². The summed E-state index contributed by atoms with van der Waals surface area (Å²) in [5, 5.41) is 3.04. The van der Waals surface area contributed by atoms with E-state index in [1.165, 1.54) is 69.3 Å². The van der Waals surface area contributed by atoms with Crippen molar-refractivity contribution in [3.63, 3.8) is 0 Å². The average Bonchev–Trinajstić information content (AvgIpc) is 3.06. The third-order valence-corrected chi connectivity index (χ3v) is 15.9. The van der Waals surface area contributed by atoms with E-state index in [0.717, 1.165) is 0 Å². The summed E-state index contributed by atoms with van der Waals surface area (Å²) in [5.74, 6) is 0. The van der Waals surface area contributed by atoms with E-state index in [1.807, 2.05) is 23.5 Å². The van der Waals surface area contributed by atoms with Crippen LogP contribution in [0.2, 0.25) is 13.1 Å². The minimum Gasteiger partial charge on any atom is -0.308 e. The van der Waals surface area contributed by atoms with Crippen LogP contribution in [0, 0.1) is 0 Å². The fourth-order valence-corrected chi connectivity index (χ4v) is 14.1. The van der Waals surface area contributed by atoms with Gasteiger partial charge in [0.1, 0.15) is 8.07 Å². The van der Waals surface area contributed by atoms with Gasteiger partial charge in [-0.2, -0.15) is 0 Å². The maximum atomic E-state index is 2.54. The Hall–Kier alpha value is -3.96. The first-order valence-electron chi connectivity index (χ1n) is 15.6. The maximum absolute atomic E-state index is 2.54. The van der Waals surface area contributed by atoms with Gasteiger partial charge in [0.25, 0.3) is 0 Å². The monoisotopic (exact) mass is 633 g/mol. The number of anilines is 3. The zero-order chi connectivity index (χ0) is 30.8. The number of hydrogen-bond acceptors (Lipinski definition) is 3. The van der Waals surface area contributed by atoms with E-state index in [1.54, 1.807) is 0 Å². The molecule has 0 aromatic heterocycles. The molecule has 45 heavy (non-hydrogen) atoms. The Labute approximate surface area is 276 Å². The number of rotatable bonds is 4. The lowest BCUT2D eigenvalue weighted by atomic mass is 9.77. The van der Waals surface area contributed by atoms with Crippen molar-refractivity contribution in [3.05, 3.63) is 151 Å². The zero-order valence-electron chi connectivity index (χ0n) is 26.0. The molecule has 0 bridgehead atoms. The van der Waals surface area contributed by atoms with E-state index < -0.39 is 8.07 Å². The SMILES string of the molecule is CC1(C)c2ccccc2Sc2c(N(c3ccc(-c4ccccc4)cc3)c3cccc4c3Sc3ccccc3[Si]4(C)C)cccc21. The molecular formula is C41H35NS2Si. The average molecular weight is 634 g/mol. The lowest BCUT2D eigenvalue weighted by Crippen LogP contribution is -2.56. The minimum absolute atomic E-state index is 0.102. The molecule has 6 aromatic rings. The molecule has 0 spiro atoms. The van der Waals surface area contributed by atoms with Crippen LogP contribution in [0.25, 0.3) is 11.1 Å². The Morgan fingerprint density at radius 3 is 1.82 bits per heavy atom. The summed E-state index contributed by atoms with van der Waals surface area (Å²) in [6.07, 6.45) is 0. The van der Waals surface area contributed by atoms with Crippen LogP contribution in [0.3, 0.4) is 0 Å². The van der Waals surface area contributed by atoms with Crippen molar-refractivity contribution in [2.24, 2.45) is 0 Å². The molecule has 2 aliphatic heterocycles. The molecule has 0 fully saturated rings. The molecule has 2 heterocycles. The predicted octanol–water partition coefficient (Wildman–Crippen LogP) is 10.9. The molecule has 0 saturated heterocycles. The number of benzene rings is 6. The third-order valence-electron chi connectivity index (χ3n) is 9.59. The number of fused-ring (bicyclic) bond motifs is 4. The first kappa shape index (κ1) is 28.5. The number of nitrogens with zero attached hydrogens (tertiary/aromatic N) is 1. The summed E-state index contributed by atoms with van der Waals surface area (Å²) in [4.78, 5) is 8.00. The highest BCUT2D eigenvalue weighted by Crippen LogP contribution is 2.55. The van der Waals surface area contributed by atoms with Gasteiger partial charge in [-0.3, -0.25) is 0 Å². The molecule has 2 aliphatic rings. The van der Waals surface area contributed by atoms with E-state index in [4.69, 9.17) is 0 Å². The lowest BCUT2D eigenvalue weighted by molar-refractivity contribution is 0.607. The Balaban J connectivity index is 1.36. The van der Waals surface area contributed by atoms with Crippen LogP contribution in [0.4, 0.5) is 17.1 Å². The molecule has 0 N–H and O–H groups in total. The van der Waals surface area contributed by atoms with Crippen LogP contribution >= 0.6 is 23.5 Å². The Kier molecular flexibility index (Phi) is 6.86. The smallest absolute Gasteiger partial charge is 0.115 e. The molecular weight excluding hydrogens is 599 g/mol. The fourth-order valence-electron chi connectivity index (χ4n) is 7.10. The standard InChI is InChI=1S/C41H35NS2Si/c1-41(2)31-16-8-9-20-35(31)43-39-32(41)17-12-18-33(39)42(30-26-24-29(25-27-30)28-14-6-5-7-15-28)34-19-13-23-38-40(34)44-36-21-10-11-22-37(36)45(38,3)4/h5-27H,1-4H3. The van der Waals surface area contributed by atoms with E-state index in [-0.39, 0.29) is 5.41 Å². The van der Waals surface area contributed by atoms with Crippen molar-refractivity contribution >= 4 is 59.0 Å². The van der Waals surface area contributed by atoms with Crippen molar-refractivity contribution in [2.75, 3.05) is 4.90 Å². The van der Waals surface area contributed by atoms with Crippen molar-refractivity contribution in [2.45, 2.75) is 51.9 Å². The molecule has 0 unspecified atom stereocenters. The molecule has 0 radical (unpaired) electrons. The van der Waals surface area contributed by atoms with Gasteiger partial charge in [0, 0.05) is 30.7 Å². The van der Waals surface area contributed by atoms with Crippen LogP contribution in [-0.2, 0) is 5.41 Å². The van der Waals surface area contributed by atoms with E-state index in [2.05, 4.69) is 171 Å². The fraction of sp³-hybridized carbons (Fsp3) is 0.122. The van der Waals surface area contributed by atoms with Crippen molar-refractivity contribution in [1.82, 2.24) is 0 Å². The second kappa shape index (κ2) is 10.8. The first-order chi connectivity index (χ1) is 21.8. The lowest BCUT2D eigenvalue weighted by Gasteiger charge is -2.39. The highest BCUT2D eigenvalue weighted by molar-refractivity contribution is 8.00. The second-order valence-electron chi connectivity index (χ2n) is 13.0. The summed E-state index contributed by atoms with van der Waals surface area (Å²) in [5.41, 5.74) is 8.81. The maximum Gasteiger partial charge on any atom is 0.115 e. The van der Waals surface area contributed by atoms with Crippen LogP contribution in [-0.4, -0.2) is 8.07 Å². The first-order valence-corrected chi connectivity index (χ1v) is 20.2. The molecule has 4 heteroatoms. The molecule has 220 valence electrons. The van der Waals surface area contributed by atoms with E-state index >= 15 is 0 Å². The quantitative estimate of drug-likeness (QED) is 0.178. The summed E-state index contributed by atoms with van der Waals surface area (Å²) in [6, 6.07) is 51.7. The van der Waals surface area contributed by atoms with Crippen LogP contribution < -0.4 is 15.3 Å². The topological polar surface area (TPSA) is 3.24 Å². The Morgan fingerprint density at radius 1 is 0.489 bits per heavy atom. The van der Waals surface area contributed by atoms with Gasteiger partial charge in [-0.05, 0) is 69.0 Å². The van der Waals surface area contributed by atoms with Crippen molar-refractivity contribution in [1.29, 1.82) is 0 Å². The summed E-state index contributed by atoms with van der Waals surface area (Å²) >= 11 is 3.86. The molecule has 1 nitrogen and oxygen atoms in total. The normalized spacial score (nSPS) is 15.3. The summed E-state index contributed by atoms with van der Waals surface area (Å²) < 4.78 is 0. The van der Waals surface area contributed by atoms with E-state index in [9.17, 15) is 0 Å². The van der Waals surface area contributed by atoms with Gasteiger partial charge in [0.15, 0.2) is 0 Å². The van der Waals surface area contributed by atoms with Gasteiger partial charge in [0.05, 0.1) is 11.4 Å². The molecule has 0 saturated carbocycles. The zero-order valence-corrected chi connectivity index (χ0v) is 28.7. The van der Waals surface area contributed by atoms with Gasteiger partial charge in [-0.15, -0.1) is 0 Å². The second-order valence-corrected chi connectivity index (χ2v) is 19.4. The predicted molar refractivity (Wildman–Crippen MR) is 197 cm³/mol. The Bertz CT molecular complexity index is 1960. The third kappa shape index (κ3) is 4.61. The van der Waals surface area contributed by atoms with Gasteiger partial charge in [0.2, 0.25) is 0 Å². The van der Waals surface area contributed by atoms with Gasteiger partial charge in [-0.25, -0.2) is 0 Å². The highest BCUT2D eigenvalue weighted by Gasteiger charge is 2.39. The molecule has 0 aliphatic carbocycles. The van der Waals surface area contributed by atoms with Gasteiger partial charge in [-0.1, -0.05) is 154 Å². The minimum atomic E-state index is -1.92. The molecule has 0 amide bonds. The van der Waals surface area contributed by atoms with Gasteiger partial charge >= 0.3 is 0 Å². The number of hydrogen-bond donors (Lipinski definition) is 0. The summed E-state index contributed by atoms with van der Waals surface area (Å²) in [6.45, 7) is 9.76. The van der Waals surface area contributed by atoms with Crippen molar-refractivity contribution < 1.29 is 0 Å². The van der Waals surface area contributed by atoms with Crippen LogP contribution in [0.1, 0.15) is 25.0 Å². The Morgan fingerprint density at radius 2 is 1.04 bits per heavy atom. The molecule has 0 atom stereocenters. The van der Waals surface area contributed by atoms with Crippen LogP contribution in [0.5, 0.6) is 0 Å².